The predicted octanol–water partition coefficient (Wildman–Crippen LogP) is 13.2. The summed E-state index contributed by atoms with van der Waals surface area (Å²) >= 11 is 0. The minimum absolute atomic E-state index is 0.0108. The number of ether oxygens (including phenoxy) is 1. The maximum Gasteiger partial charge on any atom is 0.305 e. The molecule has 0 spiro atoms. The van der Waals surface area contributed by atoms with Gasteiger partial charge >= 0.3 is 5.97 Å². The van der Waals surface area contributed by atoms with E-state index in [4.69, 9.17) is 4.74 Å². The Hall–Kier alpha value is -1.05. The van der Waals surface area contributed by atoms with Crippen molar-refractivity contribution in [1.29, 1.82) is 0 Å². The molecule has 2 nitrogen and oxygen atoms in total. The highest BCUT2D eigenvalue weighted by Crippen LogP contribution is 2.14. The molecule has 0 N–H and O–H groups in total. The Kier molecular flexibility index (Phi) is 33.3. The van der Waals surface area contributed by atoms with Gasteiger partial charge in [0.2, 0.25) is 0 Å². The molecule has 0 radical (unpaired) electrons. The van der Waals surface area contributed by atoms with Crippen LogP contribution in [0.1, 0.15) is 201 Å². The van der Waals surface area contributed by atoms with Crippen LogP contribution < -0.4 is 0 Å². The first-order valence-corrected chi connectivity index (χ1v) is 18.1. The van der Waals surface area contributed by atoms with Crippen LogP contribution in [0.5, 0.6) is 0 Å². The molecular formula is C38H72O2. The fraction of sp³-hybridized carbons (Fsp3) is 0.868. The zero-order valence-corrected chi connectivity index (χ0v) is 27.7. The molecule has 0 bridgehead atoms. The lowest BCUT2D eigenvalue weighted by atomic mass is 10.0. The molecule has 2 heteroatoms. The third kappa shape index (κ3) is 35.0. The second-order valence-corrected chi connectivity index (χ2v) is 12.7. The monoisotopic (exact) mass is 561 g/mol. The van der Waals surface area contributed by atoms with Crippen LogP contribution in [0.4, 0.5) is 0 Å². The van der Waals surface area contributed by atoms with Crippen LogP contribution in [-0.4, -0.2) is 12.6 Å². The number of carbonyl (C=O) groups excluding carboxylic acids is 1. The average molecular weight is 561 g/mol. The molecule has 0 aliphatic rings. The van der Waals surface area contributed by atoms with E-state index < -0.39 is 0 Å². The van der Waals surface area contributed by atoms with E-state index in [1.807, 2.05) is 0 Å². The summed E-state index contributed by atoms with van der Waals surface area (Å²) in [7, 11) is 0. The topological polar surface area (TPSA) is 26.3 Å². The van der Waals surface area contributed by atoms with Gasteiger partial charge in [0.05, 0.1) is 6.61 Å². The van der Waals surface area contributed by atoms with Gasteiger partial charge in [0.15, 0.2) is 0 Å². The van der Waals surface area contributed by atoms with Crippen LogP contribution in [0.25, 0.3) is 0 Å². The van der Waals surface area contributed by atoms with E-state index in [-0.39, 0.29) is 5.97 Å². The molecule has 0 amide bonds. The highest BCUT2D eigenvalue weighted by atomic mass is 16.5. The number of allylic oxidation sites excluding steroid dienone is 4. The van der Waals surface area contributed by atoms with Gasteiger partial charge < -0.3 is 4.74 Å². The van der Waals surface area contributed by atoms with Gasteiger partial charge in [-0.25, -0.2) is 0 Å². The highest BCUT2D eigenvalue weighted by molar-refractivity contribution is 5.69. The fourth-order valence-corrected chi connectivity index (χ4v) is 5.30. The number of rotatable bonds is 32. The molecule has 236 valence electrons. The van der Waals surface area contributed by atoms with E-state index in [0.717, 1.165) is 31.6 Å². The molecule has 40 heavy (non-hydrogen) atoms. The summed E-state index contributed by atoms with van der Waals surface area (Å²) in [6, 6.07) is 0. The molecule has 0 saturated carbocycles. The van der Waals surface area contributed by atoms with Crippen LogP contribution in [0.2, 0.25) is 0 Å². The van der Waals surface area contributed by atoms with Crippen LogP contribution in [0.3, 0.4) is 0 Å². The lowest BCUT2D eigenvalue weighted by molar-refractivity contribution is -0.143. The summed E-state index contributed by atoms with van der Waals surface area (Å²) in [5, 5.41) is 0. The Morgan fingerprint density at radius 1 is 0.525 bits per heavy atom. The van der Waals surface area contributed by atoms with Crippen LogP contribution in [-0.2, 0) is 9.53 Å². The lowest BCUT2D eigenvalue weighted by Crippen LogP contribution is -2.05. The second kappa shape index (κ2) is 34.2. The smallest absolute Gasteiger partial charge is 0.305 e. The number of esters is 1. The van der Waals surface area contributed by atoms with Gasteiger partial charge in [0, 0.05) is 6.42 Å². The average Bonchev–Trinajstić information content (AvgIpc) is 2.94. The molecule has 0 aromatic rings. The number of carbonyl (C=O) groups is 1. The van der Waals surface area contributed by atoms with E-state index in [9.17, 15) is 4.79 Å². The van der Waals surface area contributed by atoms with Crippen molar-refractivity contribution in [2.75, 3.05) is 6.61 Å². The molecule has 0 aliphatic carbocycles. The minimum Gasteiger partial charge on any atom is -0.466 e. The number of hydrogen-bond acceptors (Lipinski definition) is 2. The Balaban J connectivity index is 3.23. The summed E-state index contributed by atoms with van der Waals surface area (Å²) in [6.07, 6.45) is 45.3. The van der Waals surface area contributed by atoms with Gasteiger partial charge in [-0.3, -0.25) is 4.79 Å². The first-order valence-electron chi connectivity index (χ1n) is 18.1. The molecule has 0 saturated heterocycles. The maximum absolute atomic E-state index is 11.9. The highest BCUT2D eigenvalue weighted by Gasteiger charge is 2.02. The van der Waals surface area contributed by atoms with Gasteiger partial charge in [0.1, 0.15) is 0 Å². The van der Waals surface area contributed by atoms with Crippen molar-refractivity contribution < 1.29 is 9.53 Å². The second-order valence-electron chi connectivity index (χ2n) is 12.7. The zero-order chi connectivity index (χ0) is 29.2. The SMILES string of the molecule is CCCCCCCCCCCCCCCCCCCOC(=O)CCCCCCC/C=C\C/C=C\CCCC(C)C. The molecule has 0 heterocycles. The van der Waals surface area contributed by atoms with Crippen molar-refractivity contribution in [2.45, 2.75) is 201 Å². The first kappa shape index (κ1) is 39.0. The van der Waals surface area contributed by atoms with Crippen LogP contribution in [0.15, 0.2) is 24.3 Å². The Morgan fingerprint density at radius 3 is 1.45 bits per heavy atom. The van der Waals surface area contributed by atoms with E-state index in [2.05, 4.69) is 45.1 Å². The quantitative estimate of drug-likeness (QED) is 0.0464. The third-order valence-electron chi connectivity index (χ3n) is 8.02. The van der Waals surface area contributed by atoms with Gasteiger partial charge in [-0.2, -0.15) is 0 Å². The van der Waals surface area contributed by atoms with Crippen molar-refractivity contribution in [3.63, 3.8) is 0 Å². The minimum atomic E-state index is 0.0108. The van der Waals surface area contributed by atoms with Gasteiger partial charge in [-0.05, 0) is 50.9 Å². The van der Waals surface area contributed by atoms with Crippen molar-refractivity contribution in [3.05, 3.63) is 24.3 Å². The molecule has 0 aromatic carbocycles. The summed E-state index contributed by atoms with van der Waals surface area (Å²) in [5.74, 6) is 0.835. The predicted molar refractivity (Wildman–Crippen MR) is 179 cm³/mol. The maximum atomic E-state index is 11.9. The molecule has 0 unspecified atom stereocenters. The third-order valence-corrected chi connectivity index (χ3v) is 8.02. The van der Waals surface area contributed by atoms with Crippen molar-refractivity contribution in [1.82, 2.24) is 0 Å². The van der Waals surface area contributed by atoms with E-state index in [0.29, 0.717) is 13.0 Å². The van der Waals surface area contributed by atoms with Gasteiger partial charge in [-0.15, -0.1) is 0 Å². The Morgan fingerprint density at radius 2 is 0.950 bits per heavy atom. The van der Waals surface area contributed by atoms with Crippen molar-refractivity contribution in [3.8, 4) is 0 Å². The summed E-state index contributed by atoms with van der Waals surface area (Å²) in [4.78, 5) is 11.9. The standard InChI is InChI=1S/C38H72O2/c1-4-5-6-7-8-9-10-11-12-13-14-18-21-24-27-30-33-36-40-38(39)35-32-29-26-23-20-17-15-16-19-22-25-28-31-34-37(2)3/h15-16,22,25,37H,4-14,17-21,23-24,26-36H2,1-3H3/b16-15-,25-22-. The van der Waals surface area contributed by atoms with E-state index in [1.54, 1.807) is 0 Å². The first-order chi connectivity index (χ1) is 19.7. The van der Waals surface area contributed by atoms with Gasteiger partial charge in [0.25, 0.3) is 0 Å². The Labute approximate surface area is 252 Å². The van der Waals surface area contributed by atoms with E-state index >= 15 is 0 Å². The molecule has 0 rings (SSSR count). The van der Waals surface area contributed by atoms with Crippen LogP contribution in [0, 0.1) is 5.92 Å². The number of unbranched alkanes of at least 4 members (excludes halogenated alkanes) is 22. The van der Waals surface area contributed by atoms with Crippen molar-refractivity contribution in [2.24, 2.45) is 5.92 Å². The Bertz CT molecular complexity index is 548. The van der Waals surface area contributed by atoms with Crippen molar-refractivity contribution >= 4 is 5.97 Å². The zero-order valence-electron chi connectivity index (χ0n) is 27.7. The molecule has 0 aliphatic heterocycles. The summed E-state index contributed by atoms with van der Waals surface area (Å²) < 4.78 is 5.44. The van der Waals surface area contributed by atoms with Crippen LogP contribution >= 0.6 is 0 Å². The molecule has 0 fully saturated rings. The number of hydrogen-bond donors (Lipinski definition) is 0. The summed E-state index contributed by atoms with van der Waals surface area (Å²) in [6.45, 7) is 7.50. The van der Waals surface area contributed by atoms with Gasteiger partial charge in [-0.1, -0.05) is 173 Å². The molecule has 0 aromatic heterocycles. The normalized spacial score (nSPS) is 11.9. The van der Waals surface area contributed by atoms with E-state index in [1.165, 1.54) is 148 Å². The lowest BCUT2D eigenvalue weighted by Gasteiger charge is -2.05. The largest absolute Gasteiger partial charge is 0.466 e. The summed E-state index contributed by atoms with van der Waals surface area (Å²) in [5.41, 5.74) is 0. The molecule has 0 atom stereocenters. The fourth-order valence-electron chi connectivity index (χ4n) is 5.30. The molecular weight excluding hydrogens is 488 g/mol.